The molecule has 0 radical (unpaired) electrons. The molecule has 0 aromatic heterocycles. The molecule has 12 N–H and O–H groups in total. The third kappa shape index (κ3) is 15.4. The summed E-state index contributed by atoms with van der Waals surface area (Å²) < 4.78 is 0. The van der Waals surface area contributed by atoms with Crippen LogP contribution in [0.1, 0.15) is 0 Å². The van der Waals surface area contributed by atoms with Crippen LogP contribution in [0.4, 0.5) is 0 Å². The molecule has 5 atom stereocenters. The predicted octanol–water partition coefficient (Wildman–Crippen LogP) is -7.35. The standard InChI is InChI=1S/C5H12O5.C5H10O5.C3H8O3/c2*6-1-3(8)5(10)4(9)2-7;4-1-3(6)2-5/h3-10H,1-2H2;1,3-5,7-10H,2H2;3-6H,1-2H2. The van der Waals surface area contributed by atoms with E-state index in [9.17, 15) is 4.79 Å². The van der Waals surface area contributed by atoms with Gasteiger partial charge in [-0.3, -0.25) is 0 Å². The highest BCUT2D eigenvalue weighted by atomic mass is 16.4. The minimum absolute atomic E-state index is 0.0869. The van der Waals surface area contributed by atoms with Gasteiger partial charge in [0, 0.05) is 0 Å². The van der Waals surface area contributed by atoms with Crippen LogP contribution in [0, 0.1) is 0 Å². The highest BCUT2D eigenvalue weighted by molar-refractivity contribution is 5.56. The molecule has 0 bridgehead atoms. The summed E-state index contributed by atoms with van der Waals surface area (Å²) in [4.78, 5) is 9.76. The van der Waals surface area contributed by atoms with E-state index >= 15 is 0 Å². The van der Waals surface area contributed by atoms with Crippen molar-refractivity contribution >= 4 is 6.29 Å². The molecular formula is C13H30O13. The number of aliphatic hydroxyl groups excluding tert-OH is 12. The first-order valence-electron chi connectivity index (χ1n) is 7.33. The molecule has 5 unspecified atom stereocenters. The first-order chi connectivity index (χ1) is 12.1. The molecule has 13 heteroatoms. The summed E-state index contributed by atoms with van der Waals surface area (Å²) in [5.74, 6) is 0. The summed E-state index contributed by atoms with van der Waals surface area (Å²) in [6.07, 6.45) is -9.88. The Morgan fingerprint density at radius 1 is 0.538 bits per heavy atom. The van der Waals surface area contributed by atoms with Crippen molar-refractivity contribution < 1.29 is 66.1 Å². The van der Waals surface area contributed by atoms with Crippen molar-refractivity contribution in [3.05, 3.63) is 0 Å². The fourth-order valence-corrected chi connectivity index (χ4v) is 0.946. The first-order valence-corrected chi connectivity index (χ1v) is 7.33. The maximum absolute atomic E-state index is 9.76. The highest BCUT2D eigenvalue weighted by Crippen LogP contribution is 1.98. The minimum Gasteiger partial charge on any atom is -0.394 e. The summed E-state index contributed by atoms with van der Waals surface area (Å²) in [5, 5.41) is 101. The monoisotopic (exact) mass is 394 g/mol. The molecule has 0 aliphatic carbocycles. The second kappa shape index (κ2) is 19.0. The van der Waals surface area contributed by atoms with Gasteiger partial charge < -0.3 is 66.1 Å². The van der Waals surface area contributed by atoms with Crippen LogP contribution in [0.25, 0.3) is 0 Å². The normalized spacial score (nSPS) is 17.6. The zero-order valence-electron chi connectivity index (χ0n) is 13.9. The molecule has 0 aromatic rings. The molecule has 13 nitrogen and oxygen atoms in total. The van der Waals surface area contributed by atoms with Gasteiger partial charge >= 0.3 is 0 Å². The maximum Gasteiger partial charge on any atom is 0.151 e. The summed E-state index contributed by atoms with van der Waals surface area (Å²) in [6, 6.07) is 0. The minimum atomic E-state index is -1.64. The van der Waals surface area contributed by atoms with Crippen molar-refractivity contribution in [2.75, 3.05) is 33.0 Å². The Labute approximate surface area is 149 Å². The van der Waals surface area contributed by atoms with Gasteiger partial charge in [-0.25, -0.2) is 0 Å². The van der Waals surface area contributed by atoms with Crippen LogP contribution in [0.3, 0.4) is 0 Å². The lowest BCUT2D eigenvalue weighted by molar-refractivity contribution is -0.127. The topological polar surface area (TPSA) is 260 Å². The quantitative estimate of drug-likeness (QED) is 0.154. The molecule has 0 saturated heterocycles. The third-order valence-corrected chi connectivity index (χ3v) is 2.65. The van der Waals surface area contributed by atoms with Gasteiger partial charge in [-0.1, -0.05) is 0 Å². The number of aliphatic hydroxyl groups is 12. The van der Waals surface area contributed by atoms with Gasteiger partial charge in [-0.2, -0.15) is 0 Å². The lowest BCUT2D eigenvalue weighted by atomic mass is 10.1. The van der Waals surface area contributed by atoms with Gasteiger partial charge in [-0.15, -0.1) is 0 Å². The number of carbonyl (C=O) groups excluding carboxylic acids is 1. The van der Waals surface area contributed by atoms with Crippen LogP contribution in [-0.2, 0) is 4.79 Å². The number of rotatable bonds is 10. The van der Waals surface area contributed by atoms with Crippen molar-refractivity contribution in [1.29, 1.82) is 0 Å². The number of hydrogen-bond donors (Lipinski definition) is 12. The van der Waals surface area contributed by atoms with Gasteiger partial charge in [0.15, 0.2) is 6.29 Å². The maximum atomic E-state index is 9.76. The first kappa shape index (κ1) is 29.9. The van der Waals surface area contributed by atoms with Gasteiger partial charge in [0.25, 0.3) is 0 Å². The van der Waals surface area contributed by atoms with Crippen molar-refractivity contribution in [1.82, 2.24) is 0 Å². The van der Waals surface area contributed by atoms with Gasteiger partial charge in [0.05, 0.1) is 33.0 Å². The predicted molar refractivity (Wildman–Crippen MR) is 83.5 cm³/mol. The van der Waals surface area contributed by atoms with Crippen molar-refractivity contribution in [2.24, 2.45) is 0 Å². The molecule has 0 saturated carbocycles. The Bertz CT molecular complexity index is 292. The molecule has 160 valence electrons. The largest absolute Gasteiger partial charge is 0.394 e. The number of carbonyl (C=O) groups is 1. The Hall–Kier alpha value is -0.810. The van der Waals surface area contributed by atoms with Gasteiger partial charge in [-0.05, 0) is 0 Å². The van der Waals surface area contributed by atoms with E-state index in [-0.39, 0.29) is 19.5 Å². The Morgan fingerprint density at radius 3 is 1.04 bits per heavy atom. The lowest BCUT2D eigenvalue weighted by Gasteiger charge is -2.19. The van der Waals surface area contributed by atoms with E-state index in [1.54, 1.807) is 0 Å². The fraction of sp³-hybridized carbons (Fsp3) is 0.923. The molecule has 0 amide bonds. The molecule has 0 aliphatic heterocycles. The summed E-state index contributed by atoms with van der Waals surface area (Å²) in [7, 11) is 0. The highest BCUT2D eigenvalue weighted by Gasteiger charge is 2.23. The second-order valence-electron chi connectivity index (χ2n) is 4.88. The Balaban J connectivity index is -0.000000316. The number of hydrogen-bond acceptors (Lipinski definition) is 13. The number of aldehydes is 1. The summed E-state index contributed by atoms with van der Waals surface area (Å²) in [6.45, 7) is -2.70. The van der Waals surface area contributed by atoms with Crippen molar-refractivity contribution in [3.63, 3.8) is 0 Å². The van der Waals surface area contributed by atoms with Crippen LogP contribution in [0.5, 0.6) is 0 Å². The van der Waals surface area contributed by atoms with Crippen molar-refractivity contribution in [2.45, 2.75) is 42.7 Å². The smallest absolute Gasteiger partial charge is 0.151 e. The van der Waals surface area contributed by atoms with E-state index < -0.39 is 62.5 Å². The van der Waals surface area contributed by atoms with E-state index in [0.29, 0.717) is 0 Å². The van der Waals surface area contributed by atoms with Crippen molar-refractivity contribution in [3.8, 4) is 0 Å². The van der Waals surface area contributed by atoms with E-state index in [0.717, 1.165) is 0 Å². The Kier molecular flexibility index (Phi) is 21.8. The van der Waals surface area contributed by atoms with Crippen LogP contribution in [-0.4, -0.2) is 143 Å². The molecule has 0 aromatic carbocycles. The average molecular weight is 394 g/mol. The third-order valence-electron chi connectivity index (χ3n) is 2.65. The lowest BCUT2D eigenvalue weighted by Crippen LogP contribution is -2.41. The van der Waals surface area contributed by atoms with Crippen LogP contribution < -0.4 is 0 Å². The molecule has 0 fully saturated rings. The van der Waals surface area contributed by atoms with E-state index in [1.807, 2.05) is 0 Å². The molecule has 0 heterocycles. The van der Waals surface area contributed by atoms with Gasteiger partial charge in [0.2, 0.25) is 0 Å². The molecule has 0 spiro atoms. The zero-order chi connectivity index (χ0) is 21.3. The second-order valence-corrected chi connectivity index (χ2v) is 4.88. The van der Waals surface area contributed by atoms with Crippen LogP contribution in [0.2, 0.25) is 0 Å². The summed E-state index contributed by atoms with van der Waals surface area (Å²) in [5.41, 5.74) is 0. The molecule has 0 rings (SSSR count). The van der Waals surface area contributed by atoms with E-state index in [1.165, 1.54) is 0 Å². The van der Waals surface area contributed by atoms with E-state index in [2.05, 4.69) is 0 Å². The SMILES string of the molecule is O=CC(O)C(O)C(O)CO.OCC(O)C(O)C(O)CO.OCC(O)CO. The Morgan fingerprint density at radius 2 is 0.846 bits per heavy atom. The average Bonchev–Trinajstić information content (AvgIpc) is 2.69. The van der Waals surface area contributed by atoms with E-state index in [4.69, 9.17) is 61.3 Å². The molecule has 26 heavy (non-hydrogen) atoms. The zero-order valence-corrected chi connectivity index (χ0v) is 13.9. The van der Waals surface area contributed by atoms with Crippen LogP contribution in [0.15, 0.2) is 0 Å². The van der Waals surface area contributed by atoms with Gasteiger partial charge in [0.1, 0.15) is 42.7 Å². The fourth-order valence-electron chi connectivity index (χ4n) is 0.946. The van der Waals surface area contributed by atoms with Crippen LogP contribution >= 0.6 is 0 Å². The molecular weight excluding hydrogens is 364 g/mol. The summed E-state index contributed by atoms with van der Waals surface area (Å²) >= 11 is 0. The molecule has 0 aliphatic rings.